The van der Waals surface area contributed by atoms with Gasteiger partial charge in [-0.2, -0.15) is 10.5 Å². The van der Waals surface area contributed by atoms with Crippen LogP contribution in [0.1, 0.15) is 18.5 Å². The minimum Gasteiger partial charge on any atom is -0.374 e. The van der Waals surface area contributed by atoms with Gasteiger partial charge >= 0.3 is 0 Å². The van der Waals surface area contributed by atoms with Crippen molar-refractivity contribution in [2.45, 2.75) is 26.2 Å². The molecule has 0 radical (unpaired) electrons. The molecular formula is C17H18N4O2. The van der Waals surface area contributed by atoms with E-state index in [1.165, 1.54) is 0 Å². The molecule has 6 nitrogen and oxygen atoms in total. The van der Waals surface area contributed by atoms with Crippen LogP contribution in [0.3, 0.4) is 0 Å². The van der Waals surface area contributed by atoms with Crippen LogP contribution in [0.15, 0.2) is 36.5 Å². The lowest BCUT2D eigenvalue weighted by molar-refractivity contribution is 0.0820. The van der Waals surface area contributed by atoms with Crippen LogP contribution in [0.2, 0.25) is 0 Å². The standard InChI is InChI=1S/C17H18N4O2/c18-8-4-10-22-13-16-12-21(14-23-11-5-9-19)17(20-16)15-6-2-1-3-7-15/h1-3,6-7,12H,4-5,10-11,13-14H2. The van der Waals surface area contributed by atoms with E-state index < -0.39 is 0 Å². The third-order valence-electron chi connectivity index (χ3n) is 3.06. The van der Waals surface area contributed by atoms with E-state index >= 15 is 0 Å². The average molecular weight is 310 g/mol. The van der Waals surface area contributed by atoms with Gasteiger partial charge in [-0.15, -0.1) is 0 Å². The van der Waals surface area contributed by atoms with Crippen LogP contribution in [0, 0.1) is 22.7 Å². The van der Waals surface area contributed by atoms with E-state index in [0.717, 1.165) is 17.1 Å². The van der Waals surface area contributed by atoms with E-state index in [9.17, 15) is 0 Å². The lowest BCUT2D eigenvalue weighted by Gasteiger charge is -2.07. The highest BCUT2D eigenvalue weighted by Crippen LogP contribution is 2.19. The summed E-state index contributed by atoms with van der Waals surface area (Å²) in [5.41, 5.74) is 1.77. The van der Waals surface area contributed by atoms with Crippen molar-refractivity contribution >= 4 is 0 Å². The zero-order valence-electron chi connectivity index (χ0n) is 12.8. The minimum atomic E-state index is 0.330. The maximum atomic E-state index is 8.55. The highest BCUT2D eigenvalue weighted by Gasteiger charge is 2.10. The number of hydrogen-bond acceptors (Lipinski definition) is 5. The lowest BCUT2D eigenvalue weighted by atomic mass is 10.2. The van der Waals surface area contributed by atoms with Crippen molar-refractivity contribution in [2.75, 3.05) is 13.2 Å². The van der Waals surface area contributed by atoms with Crippen molar-refractivity contribution in [3.63, 3.8) is 0 Å². The molecule has 0 N–H and O–H groups in total. The molecule has 0 atom stereocenters. The third kappa shape index (κ3) is 5.23. The molecule has 0 aliphatic carbocycles. The molecule has 0 saturated carbocycles. The normalized spacial score (nSPS) is 10.2. The molecule has 1 aromatic heterocycles. The van der Waals surface area contributed by atoms with E-state index in [1.807, 2.05) is 53.2 Å². The Hall–Kier alpha value is -2.67. The van der Waals surface area contributed by atoms with Crippen LogP contribution in [0.4, 0.5) is 0 Å². The quantitative estimate of drug-likeness (QED) is 0.665. The maximum Gasteiger partial charge on any atom is 0.142 e. The summed E-state index contributed by atoms with van der Waals surface area (Å²) >= 11 is 0. The SMILES string of the molecule is N#CCCOCc1cn(COCCC#N)c(-c2ccccc2)n1. The van der Waals surface area contributed by atoms with Gasteiger partial charge in [0, 0.05) is 11.8 Å². The molecule has 0 fully saturated rings. The summed E-state index contributed by atoms with van der Waals surface area (Å²) in [7, 11) is 0. The molecule has 23 heavy (non-hydrogen) atoms. The predicted molar refractivity (Wildman–Crippen MR) is 83.7 cm³/mol. The third-order valence-corrected chi connectivity index (χ3v) is 3.06. The van der Waals surface area contributed by atoms with Crippen LogP contribution in [0.25, 0.3) is 11.4 Å². The Bertz CT molecular complexity index is 683. The molecule has 1 aromatic carbocycles. The second kappa shape index (κ2) is 9.37. The van der Waals surface area contributed by atoms with Crippen LogP contribution < -0.4 is 0 Å². The number of nitrogens with zero attached hydrogens (tertiary/aromatic N) is 4. The van der Waals surface area contributed by atoms with Crippen molar-refractivity contribution in [3.05, 3.63) is 42.2 Å². The van der Waals surface area contributed by atoms with Gasteiger partial charge in [0.15, 0.2) is 0 Å². The van der Waals surface area contributed by atoms with Gasteiger partial charge in [-0.05, 0) is 0 Å². The predicted octanol–water partition coefficient (Wildman–Crippen LogP) is 2.87. The van der Waals surface area contributed by atoms with E-state index in [2.05, 4.69) is 4.98 Å². The Kier molecular flexibility index (Phi) is 6.80. The topological polar surface area (TPSA) is 83.9 Å². The largest absolute Gasteiger partial charge is 0.374 e. The van der Waals surface area contributed by atoms with Gasteiger partial charge in [-0.1, -0.05) is 30.3 Å². The first kappa shape index (κ1) is 16.7. The summed E-state index contributed by atoms with van der Waals surface area (Å²) in [5.74, 6) is 0.793. The lowest BCUT2D eigenvalue weighted by Crippen LogP contribution is -2.04. The molecule has 0 aliphatic rings. The van der Waals surface area contributed by atoms with Gasteiger partial charge < -0.3 is 14.0 Å². The first-order valence-corrected chi connectivity index (χ1v) is 7.36. The highest BCUT2D eigenvalue weighted by atomic mass is 16.5. The second-order valence-electron chi connectivity index (χ2n) is 4.80. The van der Waals surface area contributed by atoms with Crippen LogP contribution >= 0.6 is 0 Å². The van der Waals surface area contributed by atoms with Gasteiger partial charge in [0.1, 0.15) is 12.6 Å². The van der Waals surface area contributed by atoms with E-state index in [-0.39, 0.29) is 0 Å². The first-order chi connectivity index (χ1) is 11.3. The van der Waals surface area contributed by atoms with Gasteiger partial charge in [0.05, 0.1) is 50.5 Å². The molecule has 118 valence electrons. The Morgan fingerprint density at radius 1 is 1.00 bits per heavy atom. The molecule has 6 heteroatoms. The fourth-order valence-electron chi connectivity index (χ4n) is 2.03. The fourth-order valence-corrected chi connectivity index (χ4v) is 2.03. The van der Waals surface area contributed by atoms with Gasteiger partial charge in [-0.3, -0.25) is 0 Å². The summed E-state index contributed by atoms with van der Waals surface area (Å²) in [6.07, 6.45) is 2.60. The number of hydrogen-bond donors (Lipinski definition) is 0. The second-order valence-corrected chi connectivity index (χ2v) is 4.80. The van der Waals surface area contributed by atoms with Crippen molar-refractivity contribution in [2.24, 2.45) is 0 Å². The Balaban J connectivity index is 2.08. The number of aromatic nitrogens is 2. The Morgan fingerprint density at radius 3 is 2.39 bits per heavy atom. The molecule has 1 heterocycles. The van der Waals surface area contributed by atoms with Crippen molar-refractivity contribution < 1.29 is 9.47 Å². The molecule has 0 saturated heterocycles. The Morgan fingerprint density at radius 2 is 1.70 bits per heavy atom. The van der Waals surface area contributed by atoms with Gasteiger partial charge in [-0.25, -0.2) is 4.98 Å². The molecule has 0 spiro atoms. The number of nitriles is 2. The molecule has 0 aliphatic heterocycles. The number of ether oxygens (including phenoxy) is 2. The summed E-state index contributed by atoms with van der Waals surface area (Å²) in [6.45, 7) is 1.46. The molecule has 2 aromatic rings. The number of benzene rings is 1. The summed E-state index contributed by atoms with van der Waals surface area (Å²) in [4.78, 5) is 4.59. The highest BCUT2D eigenvalue weighted by molar-refractivity contribution is 5.55. The summed E-state index contributed by atoms with van der Waals surface area (Å²) in [6, 6.07) is 13.9. The van der Waals surface area contributed by atoms with Crippen LogP contribution in [0.5, 0.6) is 0 Å². The van der Waals surface area contributed by atoms with E-state index in [1.54, 1.807) is 0 Å². The smallest absolute Gasteiger partial charge is 0.142 e. The van der Waals surface area contributed by atoms with Crippen molar-refractivity contribution in [1.29, 1.82) is 10.5 Å². The first-order valence-electron chi connectivity index (χ1n) is 7.36. The monoisotopic (exact) mass is 310 g/mol. The van der Waals surface area contributed by atoms with Crippen molar-refractivity contribution in [3.8, 4) is 23.5 Å². The van der Waals surface area contributed by atoms with Crippen LogP contribution in [-0.2, 0) is 22.8 Å². The zero-order valence-corrected chi connectivity index (χ0v) is 12.8. The number of rotatable bonds is 9. The van der Waals surface area contributed by atoms with E-state index in [4.69, 9.17) is 20.0 Å². The minimum absolute atomic E-state index is 0.330. The summed E-state index contributed by atoms with van der Waals surface area (Å²) in [5, 5.41) is 17.1. The van der Waals surface area contributed by atoms with Crippen molar-refractivity contribution in [1.82, 2.24) is 9.55 Å². The zero-order chi connectivity index (χ0) is 16.3. The molecule has 2 rings (SSSR count). The molecule has 0 bridgehead atoms. The van der Waals surface area contributed by atoms with E-state index in [0.29, 0.717) is 39.4 Å². The van der Waals surface area contributed by atoms with Gasteiger partial charge in [0.2, 0.25) is 0 Å². The van der Waals surface area contributed by atoms with Gasteiger partial charge in [0.25, 0.3) is 0 Å². The molecular weight excluding hydrogens is 292 g/mol. The van der Waals surface area contributed by atoms with Crippen LogP contribution in [-0.4, -0.2) is 22.8 Å². The summed E-state index contributed by atoms with van der Waals surface area (Å²) < 4.78 is 12.8. The fraction of sp³-hybridized carbons (Fsp3) is 0.353. The Labute approximate surface area is 135 Å². The maximum absolute atomic E-state index is 8.55. The molecule has 0 unspecified atom stereocenters. The average Bonchev–Trinajstić information content (AvgIpc) is 2.99. The molecule has 0 amide bonds. The number of imidazole rings is 1.